The molecule has 2 aromatic carbocycles. The van der Waals surface area contributed by atoms with Crippen molar-refractivity contribution in [3.8, 4) is 0 Å². The van der Waals surface area contributed by atoms with Gasteiger partial charge in [-0.05, 0) is 89.6 Å². The molecule has 32 heavy (non-hydrogen) atoms. The Hall–Kier alpha value is -2.58. The van der Waals surface area contributed by atoms with Crippen LogP contribution in [0.2, 0.25) is 0 Å². The highest BCUT2D eigenvalue weighted by molar-refractivity contribution is 7.93. The Balaban J connectivity index is 1.70. The Morgan fingerprint density at radius 2 is 1.75 bits per heavy atom. The fourth-order valence-corrected chi connectivity index (χ4v) is 4.39. The Morgan fingerprint density at radius 3 is 2.34 bits per heavy atom. The quantitative estimate of drug-likeness (QED) is 0.669. The minimum Gasteiger partial charge on any atom is -0.372 e. The van der Waals surface area contributed by atoms with Gasteiger partial charge in [0, 0.05) is 29.2 Å². The van der Waals surface area contributed by atoms with Gasteiger partial charge >= 0.3 is 0 Å². The maximum atomic E-state index is 12.7. The van der Waals surface area contributed by atoms with Gasteiger partial charge in [0.25, 0.3) is 5.91 Å². The number of hydrogen-bond donors (Lipinski definition) is 2. The molecule has 0 aromatic heterocycles. The molecule has 1 saturated heterocycles. The van der Waals surface area contributed by atoms with E-state index in [4.69, 9.17) is 4.74 Å². The number of anilines is 3. The number of aryl methyl sites for hydroxylation is 1. The van der Waals surface area contributed by atoms with Crippen molar-refractivity contribution in [3.63, 3.8) is 0 Å². The van der Waals surface area contributed by atoms with Crippen molar-refractivity contribution in [2.24, 2.45) is 0 Å². The topological polar surface area (TPSA) is 87.7 Å². The second-order valence-corrected chi connectivity index (χ2v) is 11.0. The first-order chi connectivity index (χ1) is 15.0. The second kappa shape index (κ2) is 9.50. The highest BCUT2D eigenvalue weighted by Crippen LogP contribution is 2.29. The first-order valence-corrected chi connectivity index (χ1v) is 12.5. The molecule has 0 bridgehead atoms. The van der Waals surface area contributed by atoms with Crippen molar-refractivity contribution in [2.45, 2.75) is 65.0 Å². The third kappa shape index (κ3) is 5.42. The van der Waals surface area contributed by atoms with Crippen LogP contribution >= 0.6 is 0 Å². The summed E-state index contributed by atoms with van der Waals surface area (Å²) in [5.41, 5.74) is 3.70. The van der Waals surface area contributed by atoms with Gasteiger partial charge in [0.15, 0.2) is 0 Å². The zero-order chi connectivity index (χ0) is 23.6. The lowest BCUT2D eigenvalue weighted by Crippen LogP contribution is -2.52. The maximum absolute atomic E-state index is 12.7. The molecule has 7 nitrogen and oxygen atoms in total. The lowest BCUT2D eigenvalue weighted by Gasteiger charge is -2.42. The number of amides is 1. The molecule has 1 amide bonds. The second-order valence-electron chi connectivity index (χ2n) is 8.77. The molecule has 1 aliphatic heterocycles. The van der Waals surface area contributed by atoms with E-state index in [9.17, 15) is 13.2 Å². The van der Waals surface area contributed by atoms with E-state index in [-0.39, 0.29) is 24.2 Å². The molecule has 8 heteroatoms. The van der Waals surface area contributed by atoms with Crippen molar-refractivity contribution < 1.29 is 17.9 Å². The molecule has 2 aromatic rings. The third-order valence-corrected chi connectivity index (χ3v) is 7.65. The normalized spacial score (nSPS) is 21.5. The third-order valence-electron chi connectivity index (χ3n) is 5.89. The lowest BCUT2D eigenvalue weighted by atomic mass is 10.1. The van der Waals surface area contributed by atoms with Crippen molar-refractivity contribution in [3.05, 3.63) is 53.6 Å². The first-order valence-electron chi connectivity index (χ1n) is 10.9. The number of sulfonamides is 1. The van der Waals surface area contributed by atoms with Gasteiger partial charge in [-0.25, -0.2) is 8.42 Å². The van der Waals surface area contributed by atoms with Crippen LogP contribution < -0.4 is 14.9 Å². The summed E-state index contributed by atoms with van der Waals surface area (Å²) in [5.74, 6) is -0.249. The van der Waals surface area contributed by atoms with Crippen LogP contribution in [0.4, 0.5) is 17.1 Å². The SMILES string of the molecule is Cc1cc(N2C[C@H](C)O[C@H](C)C2C)ccc1NC(=O)c1ccc(NS(=O)(=O)C(C)C)cc1. The minimum absolute atomic E-state index is 0.145. The summed E-state index contributed by atoms with van der Waals surface area (Å²) in [6, 6.07) is 12.7. The maximum Gasteiger partial charge on any atom is 0.255 e. The van der Waals surface area contributed by atoms with Crippen LogP contribution in [0.25, 0.3) is 0 Å². The van der Waals surface area contributed by atoms with E-state index in [0.717, 1.165) is 23.5 Å². The van der Waals surface area contributed by atoms with Crippen molar-refractivity contribution >= 4 is 33.0 Å². The van der Waals surface area contributed by atoms with Gasteiger partial charge in [0.05, 0.1) is 23.5 Å². The van der Waals surface area contributed by atoms with Crippen LogP contribution in [0.1, 0.15) is 50.5 Å². The van der Waals surface area contributed by atoms with Crippen LogP contribution in [0, 0.1) is 6.92 Å². The number of ether oxygens (including phenoxy) is 1. The van der Waals surface area contributed by atoms with E-state index in [1.54, 1.807) is 38.1 Å². The number of rotatable bonds is 6. The Kier molecular flexibility index (Phi) is 7.15. The van der Waals surface area contributed by atoms with Crippen LogP contribution in [-0.4, -0.2) is 44.4 Å². The van der Waals surface area contributed by atoms with E-state index in [1.165, 1.54) is 0 Å². The van der Waals surface area contributed by atoms with Gasteiger partial charge < -0.3 is 15.0 Å². The monoisotopic (exact) mass is 459 g/mol. The van der Waals surface area contributed by atoms with Crippen molar-refractivity contribution in [2.75, 3.05) is 21.5 Å². The summed E-state index contributed by atoms with van der Waals surface area (Å²) in [4.78, 5) is 15.1. The molecule has 174 valence electrons. The largest absolute Gasteiger partial charge is 0.372 e. The van der Waals surface area contributed by atoms with Gasteiger partial charge in [-0.2, -0.15) is 0 Å². The minimum atomic E-state index is -3.43. The van der Waals surface area contributed by atoms with Crippen LogP contribution in [0.5, 0.6) is 0 Å². The van der Waals surface area contributed by atoms with Gasteiger partial charge in [0.1, 0.15) is 0 Å². The molecular formula is C24H33N3O4S. The summed E-state index contributed by atoms with van der Waals surface area (Å²) in [7, 11) is -3.43. The lowest BCUT2D eigenvalue weighted by molar-refractivity contribution is -0.0257. The smallest absolute Gasteiger partial charge is 0.255 e. The zero-order valence-electron chi connectivity index (χ0n) is 19.5. The summed E-state index contributed by atoms with van der Waals surface area (Å²) in [6.07, 6.45) is 0.306. The fraction of sp³-hybridized carbons (Fsp3) is 0.458. The molecule has 0 radical (unpaired) electrons. The Labute approximate surface area is 191 Å². The molecule has 3 rings (SSSR count). The predicted molar refractivity (Wildman–Crippen MR) is 130 cm³/mol. The number of nitrogens with one attached hydrogen (secondary N) is 2. The van der Waals surface area contributed by atoms with E-state index in [1.807, 2.05) is 19.1 Å². The van der Waals surface area contributed by atoms with E-state index >= 15 is 0 Å². The summed E-state index contributed by atoms with van der Waals surface area (Å²) >= 11 is 0. The molecule has 0 saturated carbocycles. The van der Waals surface area contributed by atoms with E-state index < -0.39 is 15.3 Å². The zero-order valence-corrected chi connectivity index (χ0v) is 20.4. The number of carbonyl (C=O) groups is 1. The Morgan fingerprint density at radius 1 is 1.09 bits per heavy atom. The van der Waals surface area contributed by atoms with Crippen LogP contribution in [0.15, 0.2) is 42.5 Å². The number of benzene rings is 2. The van der Waals surface area contributed by atoms with Crippen LogP contribution in [0.3, 0.4) is 0 Å². The molecule has 1 fully saturated rings. The number of carbonyl (C=O) groups excluding carboxylic acids is 1. The standard InChI is InChI=1S/C24H33N3O4S/c1-15(2)32(29,30)26-21-9-7-20(8-10-21)24(28)25-23-12-11-22(13-16(23)3)27-14-17(4)31-19(6)18(27)5/h7-13,15,17-19,26H,14H2,1-6H3,(H,25,28)/t17-,18?,19+/m0/s1. The molecule has 1 heterocycles. The number of nitrogens with zero attached hydrogens (tertiary/aromatic N) is 1. The highest BCUT2D eigenvalue weighted by atomic mass is 32.2. The van der Waals surface area contributed by atoms with Gasteiger partial charge in [-0.1, -0.05) is 0 Å². The fourth-order valence-electron chi connectivity index (χ4n) is 3.69. The average Bonchev–Trinajstić information content (AvgIpc) is 2.72. The van der Waals surface area contributed by atoms with Gasteiger partial charge in [0.2, 0.25) is 10.0 Å². The van der Waals surface area contributed by atoms with Crippen LogP contribution in [-0.2, 0) is 14.8 Å². The van der Waals surface area contributed by atoms with E-state index in [0.29, 0.717) is 11.3 Å². The molecule has 1 aliphatic rings. The average molecular weight is 460 g/mol. The predicted octanol–water partition coefficient (Wildman–Crippen LogP) is 4.40. The Bertz CT molecular complexity index is 1070. The first kappa shape index (κ1) is 24.1. The molecule has 1 unspecified atom stereocenters. The van der Waals surface area contributed by atoms with Crippen molar-refractivity contribution in [1.82, 2.24) is 0 Å². The summed E-state index contributed by atoms with van der Waals surface area (Å²) in [5, 5.41) is 2.41. The molecular weight excluding hydrogens is 426 g/mol. The van der Waals surface area contributed by atoms with Gasteiger partial charge in [-0.3, -0.25) is 9.52 Å². The molecule has 0 aliphatic carbocycles. The summed E-state index contributed by atoms with van der Waals surface area (Å²) in [6.45, 7) is 12.3. The summed E-state index contributed by atoms with van der Waals surface area (Å²) < 4.78 is 32.4. The molecule has 2 N–H and O–H groups in total. The van der Waals surface area contributed by atoms with Gasteiger partial charge in [-0.15, -0.1) is 0 Å². The number of morpholine rings is 1. The van der Waals surface area contributed by atoms with E-state index in [2.05, 4.69) is 41.8 Å². The highest BCUT2D eigenvalue weighted by Gasteiger charge is 2.29. The number of hydrogen-bond acceptors (Lipinski definition) is 5. The molecule has 3 atom stereocenters. The van der Waals surface area contributed by atoms with Crippen molar-refractivity contribution in [1.29, 1.82) is 0 Å². The molecule has 0 spiro atoms.